The zero-order chi connectivity index (χ0) is 22.1. The number of aliphatic hydroxyl groups excluding tert-OH is 2. The van der Waals surface area contributed by atoms with Gasteiger partial charge in [-0.05, 0) is 37.5 Å². The van der Waals surface area contributed by atoms with Crippen LogP contribution in [0.3, 0.4) is 0 Å². The predicted octanol–water partition coefficient (Wildman–Crippen LogP) is 3.59. The molecule has 30 heavy (non-hydrogen) atoms. The van der Waals surface area contributed by atoms with E-state index in [4.69, 9.17) is 14.6 Å². The zero-order valence-corrected chi connectivity index (χ0v) is 17.5. The van der Waals surface area contributed by atoms with Gasteiger partial charge < -0.3 is 24.8 Å². The number of phenols is 1. The standard InChI is InChI=1S/C24H28O6/c1-16(2)9-12-20-21(29-3)13-18(11-10-17-7-5-4-6-8-17)22(23(20)27)24(28)30-15-19(26)14-25/h4-11,13,19,25-27H,12,14-15H2,1-3H3. The molecule has 0 bridgehead atoms. The SMILES string of the molecule is COc1cc(C=Cc2ccccc2)c(C(=O)OCC(O)CO)c(O)c1CC=C(C)C. The van der Waals surface area contributed by atoms with Crippen LogP contribution in [0.4, 0.5) is 0 Å². The molecule has 0 spiro atoms. The molecule has 0 aliphatic rings. The van der Waals surface area contributed by atoms with E-state index < -0.39 is 18.7 Å². The molecule has 0 saturated carbocycles. The summed E-state index contributed by atoms with van der Waals surface area (Å²) in [7, 11) is 1.50. The van der Waals surface area contributed by atoms with Crippen LogP contribution in [0.1, 0.15) is 40.9 Å². The van der Waals surface area contributed by atoms with Crippen LogP contribution in [0.25, 0.3) is 12.2 Å². The van der Waals surface area contributed by atoms with Gasteiger partial charge in [-0.3, -0.25) is 0 Å². The molecule has 1 unspecified atom stereocenters. The first-order chi connectivity index (χ1) is 14.4. The summed E-state index contributed by atoms with van der Waals surface area (Å²) in [6.07, 6.45) is 4.61. The van der Waals surface area contributed by atoms with Gasteiger partial charge in [-0.25, -0.2) is 4.79 Å². The summed E-state index contributed by atoms with van der Waals surface area (Å²) < 4.78 is 10.6. The lowest BCUT2D eigenvalue weighted by molar-refractivity contribution is 0.00910. The number of carbonyl (C=O) groups excluding carboxylic acids is 1. The molecule has 0 aliphatic heterocycles. The Labute approximate surface area is 176 Å². The second kappa shape index (κ2) is 11.2. The van der Waals surface area contributed by atoms with E-state index in [1.165, 1.54) is 7.11 Å². The number of carbonyl (C=O) groups is 1. The van der Waals surface area contributed by atoms with Crippen molar-refractivity contribution in [3.63, 3.8) is 0 Å². The third-order valence-corrected chi connectivity index (χ3v) is 4.41. The highest BCUT2D eigenvalue weighted by Crippen LogP contribution is 2.36. The van der Waals surface area contributed by atoms with Crippen LogP contribution >= 0.6 is 0 Å². The van der Waals surface area contributed by atoms with Gasteiger partial charge in [-0.1, -0.05) is 54.1 Å². The Morgan fingerprint density at radius 2 is 1.87 bits per heavy atom. The fraction of sp³-hybridized carbons (Fsp3) is 0.292. The number of phenolic OH excluding ortho intramolecular Hbond substituents is 1. The molecule has 0 aliphatic carbocycles. The largest absolute Gasteiger partial charge is 0.507 e. The average molecular weight is 412 g/mol. The Kier molecular flexibility index (Phi) is 8.65. The number of aromatic hydroxyl groups is 1. The summed E-state index contributed by atoms with van der Waals surface area (Å²) >= 11 is 0. The van der Waals surface area contributed by atoms with Gasteiger partial charge in [0.2, 0.25) is 0 Å². The van der Waals surface area contributed by atoms with Gasteiger partial charge in [0.05, 0.1) is 13.7 Å². The predicted molar refractivity (Wildman–Crippen MR) is 117 cm³/mol. The maximum atomic E-state index is 12.7. The number of ether oxygens (including phenoxy) is 2. The number of allylic oxidation sites excluding steroid dienone is 2. The monoisotopic (exact) mass is 412 g/mol. The Morgan fingerprint density at radius 3 is 2.47 bits per heavy atom. The summed E-state index contributed by atoms with van der Waals surface area (Å²) in [6.45, 7) is 2.96. The van der Waals surface area contributed by atoms with E-state index in [1.54, 1.807) is 12.1 Å². The number of methoxy groups -OCH3 is 1. The van der Waals surface area contributed by atoms with Gasteiger partial charge in [0.25, 0.3) is 0 Å². The van der Waals surface area contributed by atoms with Crippen molar-refractivity contribution in [3.05, 3.63) is 70.3 Å². The highest BCUT2D eigenvalue weighted by atomic mass is 16.5. The van der Waals surface area contributed by atoms with Crippen LogP contribution in [0, 0.1) is 0 Å². The van der Waals surface area contributed by atoms with Crippen molar-refractivity contribution in [3.8, 4) is 11.5 Å². The molecule has 0 aromatic heterocycles. The molecule has 2 rings (SSSR count). The van der Waals surface area contributed by atoms with Crippen molar-refractivity contribution in [2.45, 2.75) is 26.4 Å². The minimum absolute atomic E-state index is 0.0229. The molecule has 1 atom stereocenters. The lowest BCUT2D eigenvalue weighted by Gasteiger charge is -2.16. The van der Waals surface area contributed by atoms with Crippen LogP contribution in [0.5, 0.6) is 11.5 Å². The molecule has 0 amide bonds. The highest BCUT2D eigenvalue weighted by molar-refractivity contribution is 5.98. The van der Waals surface area contributed by atoms with E-state index in [0.717, 1.165) is 11.1 Å². The van der Waals surface area contributed by atoms with E-state index >= 15 is 0 Å². The lowest BCUT2D eigenvalue weighted by Crippen LogP contribution is -2.22. The van der Waals surface area contributed by atoms with Gasteiger partial charge >= 0.3 is 5.97 Å². The Morgan fingerprint density at radius 1 is 1.17 bits per heavy atom. The molecule has 2 aromatic carbocycles. The van der Waals surface area contributed by atoms with Crippen molar-refractivity contribution < 1.29 is 29.6 Å². The summed E-state index contributed by atoms with van der Waals surface area (Å²) in [4.78, 5) is 12.7. The highest BCUT2D eigenvalue weighted by Gasteiger charge is 2.24. The number of hydrogen-bond acceptors (Lipinski definition) is 6. The molecular formula is C24H28O6. The second-order valence-electron chi connectivity index (χ2n) is 7.03. The fourth-order valence-electron chi connectivity index (χ4n) is 2.78. The van der Waals surface area contributed by atoms with Gasteiger partial charge in [0, 0.05) is 5.56 Å². The molecule has 6 nitrogen and oxygen atoms in total. The van der Waals surface area contributed by atoms with Crippen LogP contribution in [-0.4, -0.2) is 47.7 Å². The normalized spacial score (nSPS) is 11.9. The van der Waals surface area contributed by atoms with Crippen molar-refractivity contribution in [2.24, 2.45) is 0 Å². The van der Waals surface area contributed by atoms with Gasteiger partial charge in [-0.15, -0.1) is 0 Å². The van der Waals surface area contributed by atoms with Gasteiger partial charge in [0.15, 0.2) is 0 Å². The first-order valence-corrected chi connectivity index (χ1v) is 9.62. The van der Waals surface area contributed by atoms with Crippen molar-refractivity contribution >= 4 is 18.1 Å². The number of rotatable bonds is 9. The molecule has 6 heteroatoms. The molecular weight excluding hydrogens is 384 g/mol. The molecule has 2 aromatic rings. The molecule has 0 saturated heterocycles. The molecule has 0 radical (unpaired) electrons. The summed E-state index contributed by atoms with van der Waals surface area (Å²) in [6, 6.07) is 11.2. The van der Waals surface area contributed by atoms with Crippen molar-refractivity contribution in [1.82, 2.24) is 0 Å². The molecule has 0 heterocycles. The van der Waals surface area contributed by atoms with Gasteiger partial charge in [0.1, 0.15) is 29.8 Å². The van der Waals surface area contributed by atoms with E-state index in [9.17, 15) is 15.0 Å². The topological polar surface area (TPSA) is 96.2 Å². The minimum atomic E-state index is -1.19. The first-order valence-electron chi connectivity index (χ1n) is 9.62. The second-order valence-corrected chi connectivity index (χ2v) is 7.03. The third-order valence-electron chi connectivity index (χ3n) is 4.41. The van der Waals surface area contributed by atoms with Crippen LogP contribution in [0.2, 0.25) is 0 Å². The Hall–Kier alpha value is -3.09. The van der Waals surface area contributed by atoms with E-state index in [2.05, 4.69) is 0 Å². The van der Waals surface area contributed by atoms with E-state index in [0.29, 0.717) is 23.3 Å². The number of aliphatic hydroxyl groups is 2. The summed E-state index contributed by atoms with van der Waals surface area (Å²) in [5, 5.41) is 29.4. The van der Waals surface area contributed by atoms with Crippen LogP contribution in [0.15, 0.2) is 48.0 Å². The van der Waals surface area contributed by atoms with Gasteiger partial charge in [-0.2, -0.15) is 0 Å². The number of hydrogen-bond donors (Lipinski definition) is 3. The van der Waals surface area contributed by atoms with Crippen LogP contribution < -0.4 is 4.74 Å². The zero-order valence-electron chi connectivity index (χ0n) is 17.5. The fourth-order valence-corrected chi connectivity index (χ4v) is 2.78. The van der Waals surface area contributed by atoms with E-state index in [1.807, 2.05) is 56.3 Å². The third kappa shape index (κ3) is 6.20. The summed E-state index contributed by atoms with van der Waals surface area (Å²) in [5.41, 5.74) is 2.83. The van der Waals surface area contributed by atoms with Crippen molar-refractivity contribution in [2.75, 3.05) is 20.3 Å². The molecule has 160 valence electrons. The van der Waals surface area contributed by atoms with E-state index in [-0.39, 0.29) is 17.9 Å². The maximum absolute atomic E-state index is 12.7. The minimum Gasteiger partial charge on any atom is -0.507 e. The quantitative estimate of drug-likeness (QED) is 0.331. The number of esters is 1. The molecule has 3 N–H and O–H groups in total. The maximum Gasteiger partial charge on any atom is 0.342 e. The van der Waals surface area contributed by atoms with Crippen LogP contribution in [-0.2, 0) is 11.2 Å². The smallest absolute Gasteiger partial charge is 0.342 e. The first kappa shape index (κ1) is 23.2. The molecule has 0 fully saturated rings. The number of benzene rings is 2. The Balaban J connectivity index is 2.54. The summed E-state index contributed by atoms with van der Waals surface area (Å²) in [5.74, 6) is -0.582. The van der Waals surface area contributed by atoms with Crippen molar-refractivity contribution in [1.29, 1.82) is 0 Å². The lowest BCUT2D eigenvalue weighted by atomic mass is 9.97. The Bertz CT molecular complexity index is 911. The average Bonchev–Trinajstić information content (AvgIpc) is 2.75.